The van der Waals surface area contributed by atoms with Gasteiger partial charge in [0.25, 0.3) is 0 Å². The van der Waals surface area contributed by atoms with Crippen LogP contribution < -0.4 is 10.6 Å². The molecule has 0 bridgehead atoms. The van der Waals surface area contributed by atoms with Crippen molar-refractivity contribution in [2.75, 3.05) is 11.4 Å². The summed E-state index contributed by atoms with van der Waals surface area (Å²) in [5.41, 5.74) is 8.34. The van der Waals surface area contributed by atoms with Gasteiger partial charge in [-0.05, 0) is 37.1 Å². The van der Waals surface area contributed by atoms with E-state index in [0.717, 1.165) is 24.5 Å². The maximum absolute atomic E-state index is 5.93. The third kappa shape index (κ3) is 3.55. The molecular weight excluding hydrogens is 234 g/mol. The molecule has 1 heterocycles. The zero-order chi connectivity index (χ0) is 13.7. The fraction of sp³-hybridized carbons (Fsp3) is 0.312. The van der Waals surface area contributed by atoms with Crippen LogP contribution in [0.1, 0.15) is 31.0 Å². The third-order valence-corrected chi connectivity index (χ3v) is 3.22. The van der Waals surface area contributed by atoms with Crippen LogP contribution in [0, 0.1) is 0 Å². The summed E-state index contributed by atoms with van der Waals surface area (Å²) < 4.78 is 0. The Morgan fingerprint density at radius 2 is 1.95 bits per heavy atom. The van der Waals surface area contributed by atoms with Crippen LogP contribution in [-0.2, 0) is 6.54 Å². The Bertz CT molecular complexity index is 508. The average molecular weight is 255 g/mol. The number of hydrogen-bond acceptors (Lipinski definition) is 3. The Morgan fingerprint density at radius 1 is 1.21 bits per heavy atom. The number of aromatic nitrogens is 1. The summed E-state index contributed by atoms with van der Waals surface area (Å²) in [5, 5.41) is 0. The lowest BCUT2D eigenvalue weighted by molar-refractivity contribution is 0.790. The van der Waals surface area contributed by atoms with Crippen LogP contribution in [-0.4, -0.2) is 11.5 Å². The summed E-state index contributed by atoms with van der Waals surface area (Å²) in [6.45, 7) is 5.92. The van der Waals surface area contributed by atoms with Gasteiger partial charge in [-0.25, -0.2) is 4.98 Å². The van der Waals surface area contributed by atoms with Crippen LogP contribution in [0.2, 0.25) is 0 Å². The normalized spacial score (nSPS) is 12.2. The highest BCUT2D eigenvalue weighted by Gasteiger charge is 2.08. The maximum atomic E-state index is 5.93. The van der Waals surface area contributed by atoms with Gasteiger partial charge in [0.15, 0.2) is 0 Å². The molecule has 0 aliphatic rings. The van der Waals surface area contributed by atoms with Crippen molar-refractivity contribution in [1.82, 2.24) is 4.98 Å². The molecule has 2 aromatic rings. The molecule has 100 valence electrons. The first kappa shape index (κ1) is 13.6. The van der Waals surface area contributed by atoms with Crippen molar-refractivity contribution in [3.8, 4) is 0 Å². The van der Waals surface area contributed by atoms with E-state index in [2.05, 4.69) is 47.1 Å². The van der Waals surface area contributed by atoms with Gasteiger partial charge < -0.3 is 10.6 Å². The number of nitrogens with zero attached hydrogens (tertiary/aromatic N) is 2. The van der Waals surface area contributed by atoms with Gasteiger partial charge in [0.2, 0.25) is 0 Å². The van der Waals surface area contributed by atoms with Crippen LogP contribution in [0.3, 0.4) is 0 Å². The molecule has 0 fully saturated rings. The quantitative estimate of drug-likeness (QED) is 0.892. The maximum Gasteiger partial charge on any atom is 0.129 e. The SMILES string of the molecule is CCN(Cc1ccccc1)c1cc([C@@H](C)N)ccn1. The van der Waals surface area contributed by atoms with Crippen LogP contribution in [0.5, 0.6) is 0 Å². The minimum Gasteiger partial charge on any atom is -0.353 e. The minimum absolute atomic E-state index is 0.0391. The first-order chi connectivity index (χ1) is 9.20. The smallest absolute Gasteiger partial charge is 0.129 e. The summed E-state index contributed by atoms with van der Waals surface area (Å²) in [6, 6.07) is 14.5. The number of rotatable bonds is 5. The summed E-state index contributed by atoms with van der Waals surface area (Å²) in [5.74, 6) is 0.987. The first-order valence-corrected chi connectivity index (χ1v) is 6.71. The monoisotopic (exact) mass is 255 g/mol. The minimum atomic E-state index is 0.0391. The lowest BCUT2D eigenvalue weighted by Gasteiger charge is -2.23. The third-order valence-electron chi connectivity index (χ3n) is 3.22. The largest absolute Gasteiger partial charge is 0.353 e. The summed E-state index contributed by atoms with van der Waals surface area (Å²) >= 11 is 0. The van der Waals surface area contributed by atoms with Crippen molar-refractivity contribution in [1.29, 1.82) is 0 Å². The van der Waals surface area contributed by atoms with Crippen molar-refractivity contribution in [2.45, 2.75) is 26.4 Å². The van der Waals surface area contributed by atoms with Gasteiger partial charge in [-0.15, -0.1) is 0 Å². The van der Waals surface area contributed by atoms with Gasteiger partial charge in [-0.3, -0.25) is 0 Å². The number of nitrogens with two attached hydrogens (primary N) is 1. The van der Waals surface area contributed by atoms with Gasteiger partial charge in [0.1, 0.15) is 5.82 Å². The van der Waals surface area contributed by atoms with Crippen LogP contribution in [0.15, 0.2) is 48.7 Å². The summed E-state index contributed by atoms with van der Waals surface area (Å²) in [6.07, 6.45) is 1.84. The molecule has 3 nitrogen and oxygen atoms in total. The second-order valence-corrected chi connectivity index (χ2v) is 4.74. The van der Waals surface area contributed by atoms with Gasteiger partial charge in [0.05, 0.1) is 0 Å². The Labute approximate surface area is 115 Å². The van der Waals surface area contributed by atoms with E-state index in [4.69, 9.17) is 5.73 Å². The van der Waals surface area contributed by atoms with E-state index in [-0.39, 0.29) is 6.04 Å². The predicted octanol–water partition coefficient (Wildman–Crippen LogP) is 3.13. The highest BCUT2D eigenvalue weighted by Crippen LogP contribution is 2.18. The van der Waals surface area contributed by atoms with E-state index >= 15 is 0 Å². The van der Waals surface area contributed by atoms with Gasteiger partial charge >= 0.3 is 0 Å². The molecule has 0 spiro atoms. The van der Waals surface area contributed by atoms with Crippen LogP contribution in [0.4, 0.5) is 5.82 Å². The van der Waals surface area contributed by atoms with E-state index < -0.39 is 0 Å². The molecule has 0 radical (unpaired) electrons. The second kappa shape index (κ2) is 6.34. The van der Waals surface area contributed by atoms with E-state index in [1.54, 1.807) is 0 Å². The molecule has 1 aromatic carbocycles. The lowest BCUT2D eigenvalue weighted by Crippen LogP contribution is -2.23. The number of benzene rings is 1. The van der Waals surface area contributed by atoms with E-state index in [9.17, 15) is 0 Å². The summed E-state index contributed by atoms with van der Waals surface area (Å²) in [4.78, 5) is 6.71. The average Bonchev–Trinajstić information content (AvgIpc) is 2.46. The Kier molecular flexibility index (Phi) is 4.53. The first-order valence-electron chi connectivity index (χ1n) is 6.71. The topological polar surface area (TPSA) is 42.1 Å². The number of anilines is 1. The van der Waals surface area contributed by atoms with Crippen molar-refractivity contribution in [3.05, 3.63) is 59.8 Å². The van der Waals surface area contributed by atoms with Crippen molar-refractivity contribution < 1.29 is 0 Å². The van der Waals surface area contributed by atoms with Gasteiger partial charge in [-0.1, -0.05) is 30.3 Å². The molecule has 0 amide bonds. The highest BCUT2D eigenvalue weighted by molar-refractivity contribution is 5.42. The van der Waals surface area contributed by atoms with Crippen molar-refractivity contribution in [3.63, 3.8) is 0 Å². The molecule has 0 unspecified atom stereocenters. The van der Waals surface area contributed by atoms with Crippen molar-refractivity contribution >= 4 is 5.82 Å². The fourth-order valence-electron chi connectivity index (χ4n) is 2.05. The standard InChI is InChI=1S/C16H21N3/c1-3-19(12-14-7-5-4-6-8-14)16-11-15(13(2)17)9-10-18-16/h4-11,13H,3,12,17H2,1-2H3/t13-/m1/s1. The molecule has 3 heteroatoms. The molecule has 0 aliphatic heterocycles. The molecule has 0 saturated carbocycles. The van der Waals surface area contributed by atoms with Crippen LogP contribution in [0.25, 0.3) is 0 Å². The van der Waals surface area contributed by atoms with Crippen LogP contribution >= 0.6 is 0 Å². The molecule has 0 aliphatic carbocycles. The Morgan fingerprint density at radius 3 is 2.58 bits per heavy atom. The zero-order valence-corrected chi connectivity index (χ0v) is 11.6. The molecule has 19 heavy (non-hydrogen) atoms. The zero-order valence-electron chi connectivity index (χ0n) is 11.6. The number of pyridine rings is 1. The second-order valence-electron chi connectivity index (χ2n) is 4.74. The highest BCUT2D eigenvalue weighted by atomic mass is 15.2. The molecule has 2 rings (SSSR count). The predicted molar refractivity (Wildman–Crippen MR) is 80.0 cm³/mol. The van der Waals surface area contributed by atoms with Crippen molar-refractivity contribution in [2.24, 2.45) is 5.73 Å². The molecule has 2 N–H and O–H groups in total. The van der Waals surface area contributed by atoms with Gasteiger partial charge in [0, 0.05) is 25.3 Å². The molecule has 1 atom stereocenters. The molecule has 1 aromatic heterocycles. The van der Waals surface area contributed by atoms with E-state index in [1.807, 2.05) is 25.3 Å². The van der Waals surface area contributed by atoms with E-state index in [0.29, 0.717) is 0 Å². The fourth-order valence-corrected chi connectivity index (χ4v) is 2.05. The lowest BCUT2D eigenvalue weighted by atomic mass is 10.1. The molecular formula is C16H21N3. The number of hydrogen-bond donors (Lipinski definition) is 1. The Balaban J connectivity index is 2.20. The van der Waals surface area contributed by atoms with Gasteiger partial charge in [-0.2, -0.15) is 0 Å². The molecule has 0 saturated heterocycles. The summed E-state index contributed by atoms with van der Waals surface area (Å²) in [7, 11) is 0. The van der Waals surface area contributed by atoms with E-state index in [1.165, 1.54) is 5.56 Å². The Hall–Kier alpha value is -1.87.